The molecule has 5 heteroatoms. The van der Waals surface area contributed by atoms with Gasteiger partial charge in [0.1, 0.15) is 6.10 Å². The van der Waals surface area contributed by atoms with Gasteiger partial charge in [0, 0.05) is 0 Å². The molecule has 4 aromatic rings. The Balaban J connectivity index is 1.18. The van der Waals surface area contributed by atoms with Crippen molar-refractivity contribution in [1.82, 2.24) is 4.98 Å². The van der Waals surface area contributed by atoms with Gasteiger partial charge in [-0.15, -0.1) is 0 Å². The fraction of sp³-hybridized carbons (Fsp3) is 0.182. The van der Waals surface area contributed by atoms with E-state index in [2.05, 4.69) is 40.2 Å². The van der Waals surface area contributed by atoms with Crippen LogP contribution in [0, 0.1) is 0 Å². The van der Waals surface area contributed by atoms with Crippen LogP contribution in [0.3, 0.4) is 0 Å². The molecule has 0 saturated carbocycles. The van der Waals surface area contributed by atoms with Crippen LogP contribution in [0.15, 0.2) is 66.7 Å². The minimum atomic E-state index is -0.167. The molecular formula is C22H18N2O2S. The quantitative estimate of drug-likeness (QED) is 0.496. The first-order valence-electron chi connectivity index (χ1n) is 9.02. The van der Waals surface area contributed by atoms with Crippen LogP contribution in [0.1, 0.15) is 5.56 Å². The van der Waals surface area contributed by atoms with Crippen molar-refractivity contribution in [3.8, 4) is 0 Å². The van der Waals surface area contributed by atoms with Crippen LogP contribution in [-0.4, -0.2) is 30.1 Å². The fourth-order valence-electron chi connectivity index (χ4n) is 3.41. The molecule has 1 aliphatic heterocycles. The Hall–Kier alpha value is -2.92. The molecule has 0 amide bonds. The highest BCUT2D eigenvalue weighted by Gasteiger charge is 2.32. The molecule has 2 heterocycles. The smallest absolute Gasteiger partial charge is 0.310 e. The van der Waals surface area contributed by atoms with Crippen molar-refractivity contribution in [2.24, 2.45) is 0 Å². The van der Waals surface area contributed by atoms with Crippen LogP contribution >= 0.6 is 11.3 Å². The Morgan fingerprint density at radius 1 is 1.04 bits per heavy atom. The number of nitrogens with zero attached hydrogens (tertiary/aromatic N) is 2. The van der Waals surface area contributed by atoms with Crippen molar-refractivity contribution in [2.75, 3.05) is 18.0 Å². The van der Waals surface area contributed by atoms with Crippen LogP contribution in [0.25, 0.3) is 21.0 Å². The Kier molecular flexibility index (Phi) is 4.02. The van der Waals surface area contributed by atoms with Gasteiger partial charge in [-0.05, 0) is 28.5 Å². The first kappa shape index (κ1) is 16.3. The van der Waals surface area contributed by atoms with Gasteiger partial charge < -0.3 is 9.64 Å². The lowest BCUT2D eigenvalue weighted by Crippen LogP contribution is -2.53. The molecular weight excluding hydrogens is 356 g/mol. The summed E-state index contributed by atoms with van der Waals surface area (Å²) in [5.41, 5.74) is 2.01. The zero-order valence-electron chi connectivity index (χ0n) is 14.7. The SMILES string of the molecule is O=C(Cc1ccc2ccccc2c1)OC1CN(c2nc3ccccc3s2)C1. The highest BCUT2D eigenvalue weighted by molar-refractivity contribution is 7.22. The van der Waals surface area contributed by atoms with E-state index in [0.29, 0.717) is 19.5 Å². The molecule has 5 rings (SSSR count). The van der Waals surface area contributed by atoms with Gasteiger partial charge in [0.15, 0.2) is 5.13 Å². The second-order valence-electron chi connectivity index (χ2n) is 6.84. The zero-order chi connectivity index (χ0) is 18.2. The van der Waals surface area contributed by atoms with Crippen LogP contribution in [-0.2, 0) is 16.0 Å². The normalized spacial score (nSPS) is 14.4. The average Bonchev–Trinajstić information content (AvgIpc) is 3.07. The monoisotopic (exact) mass is 374 g/mol. The second kappa shape index (κ2) is 6.67. The molecule has 27 heavy (non-hydrogen) atoms. The highest BCUT2D eigenvalue weighted by Crippen LogP contribution is 2.31. The van der Waals surface area contributed by atoms with Gasteiger partial charge in [-0.25, -0.2) is 4.98 Å². The minimum absolute atomic E-state index is 0.0510. The van der Waals surface area contributed by atoms with Crippen LogP contribution < -0.4 is 4.90 Å². The molecule has 4 nitrogen and oxygen atoms in total. The van der Waals surface area contributed by atoms with E-state index >= 15 is 0 Å². The lowest BCUT2D eigenvalue weighted by atomic mass is 10.1. The molecule has 134 valence electrons. The molecule has 1 saturated heterocycles. The Morgan fingerprint density at radius 3 is 2.67 bits per heavy atom. The van der Waals surface area contributed by atoms with Gasteiger partial charge in [0.25, 0.3) is 0 Å². The van der Waals surface area contributed by atoms with Crippen molar-refractivity contribution in [2.45, 2.75) is 12.5 Å². The molecule has 3 aromatic carbocycles. The highest BCUT2D eigenvalue weighted by atomic mass is 32.1. The summed E-state index contributed by atoms with van der Waals surface area (Å²) in [6, 6.07) is 22.4. The minimum Gasteiger partial charge on any atom is -0.458 e. The summed E-state index contributed by atoms with van der Waals surface area (Å²) >= 11 is 1.68. The first-order chi connectivity index (χ1) is 13.2. The maximum Gasteiger partial charge on any atom is 0.310 e. The summed E-state index contributed by atoms with van der Waals surface area (Å²) < 4.78 is 6.81. The van der Waals surface area contributed by atoms with Crippen molar-refractivity contribution in [3.05, 3.63) is 72.3 Å². The summed E-state index contributed by atoms with van der Waals surface area (Å²) in [6.45, 7) is 1.42. The molecule has 0 aliphatic carbocycles. The fourth-order valence-corrected chi connectivity index (χ4v) is 4.39. The Morgan fingerprint density at radius 2 is 1.81 bits per heavy atom. The van der Waals surface area contributed by atoms with E-state index < -0.39 is 0 Å². The number of carbonyl (C=O) groups excluding carboxylic acids is 1. The number of thiazole rings is 1. The summed E-state index contributed by atoms with van der Waals surface area (Å²) in [7, 11) is 0. The van der Waals surface area contributed by atoms with E-state index in [4.69, 9.17) is 4.74 Å². The molecule has 0 radical (unpaired) electrons. The van der Waals surface area contributed by atoms with Gasteiger partial charge in [0.2, 0.25) is 0 Å². The van der Waals surface area contributed by atoms with E-state index in [1.54, 1.807) is 11.3 Å². The van der Waals surface area contributed by atoms with Crippen molar-refractivity contribution in [1.29, 1.82) is 0 Å². The molecule has 0 spiro atoms. The third-order valence-electron chi connectivity index (χ3n) is 4.86. The average molecular weight is 374 g/mol. The number of carbonyl (C=O) groups is 1. The maximum atomic E-state index is 12.3. The van der Waals surface area contributed by atoms with Gasteiger partial charge in [-0.2, -0.15) is 0 Å². The van der Waals surface area contributed by atoms with Crippen LogP contribution in [0.2, 0.25) is 0 Å². The molecule has 0 bridgehead atoms. The van der Waals surface area contributed by atoms with E-state index in [0.717, 1.165) is 21.6 Å². The lowest BCUT2D eigenvalue weighted by Gasteiger charge is -2.38. The van der Waals surface area contributed by atoms with E-state index in [1.807, 2.05) is 36.4 Å². The molecule has 0 N–H and O–H groups in total. The van der Waals surface area contributed by atoms with Crippen molar-refractivity contribution < 1.29 is 9.53 Å². The number of hydrogen-bond acceptors (Lipinski definition) is 5. The third-order valence-corrected chi connectivity index (χ3v) is 5.96. The number of para-hydroxylation sites is 1. The zero-order valence-corrected chi connectivity index (χ0v) is 15.5. The largest absolute Gasteiger partial charge is 0.458 e. The number of rotatable bonds is 4. The summed E-state index contributed by atoms with van der Waals surface area (Å²) in [5.74, 6) is -0.167. The number of benzene rings is 3. The third kappa shape index (κ3) is 3.26. The lowest BCUT2D eigenvalue weighted by molar-refractivity contribution is -0.149. The van der Waals surface area contributed by atoms with Gasteiger partial charge in [-0.1, -0.05) is 65.9 Å². The molecule has 0 unspecified atom stereocenters. The summed E-state index contributed by atoms with van der Waals surface area (Å²) in [4.78, 5) is 19.1. The van der Waals surface area contributed by atoms with Gasteiger partial charge >= 0.3 is 5.97 Å². The second-order valence-corrected chi connectivity index (χ2v) is 7.85. The standard InChI is InChI=1S/C22H18N2O2S/c25-21(12-15-9-10-16-5-1-2-6-17(16)11-15)26-18-13-24(14-18)22-23-19-7-3-4-8-20(19)27-22/h1-11,18H,12-14H2. The Labute approximate surface area is 161 Å². The summed E-state index contributed by atoms with van der Waals surface area (Å²) in [5, 5.41) is 3.33. The number of hydrogen-bond donors (Lipinski definition) is 0. The Bertz CT molecular complexity index is 1100. The van der Waals surface area contributed by atoms with Crippen LogP contribution in [0.5, 0.6) is 0 Å². The van der Waals surface area contributed by atoms with E-state index in [9.17, 15) is 4.79 Å². The number of ether oxygens (including phenoxy) is 1. The topological polar surface area (TPSA) is 42.4 Å². The van der Waals surface area contributed by atoms with Gasteiger partial charge in [0.05, 0.1) is 29.7 Å². The number of esters is 1. The number of aromatic nitrogens is 1. The van der Waals surface area contributed by atoms with E-state index in [1.165, 1.54) is 10.1 Å². The number of fused-ring (bicyclic) bond motifs is 2. The molecule has 0 atom stereocenters. The predicted molar refractivity (Wildman–Crippen MR) is 109 cm³/mol. The summed E-state index contributed by atoms with van der Waals surface area (Å²) in [6.07, 6.45) is 0.257. The first-order valence-corrected chi connectivity index (χ1v) is 9.84. The van der Waals surface area contributed by atoms with Gasteiger partial charge in [-0.3, -0.25) is 4.79 Å². The number of anilines is 1. The van der Waals surface area contributed by atoms with Crippen LogP contribution in [0.4, 0.5) is 5.13 Å². The molecule has 1 aromatic heterocycles. The molecule has 1 aliphatic rings. The molecule has 1 fully saturated rings. The van der Waals surface area contributed by atoms with Crippen molar-refractivity contribution >= 4 is 43.4 Å². The maximum absolute atomic E-state index is 12.3. The predicted octanol–water partition coefficient (Wildman–Crippen LogP) is 4.42. The van der Waals surface area contributed by atoms with Crippen molar-refractivity contribution in [3.63, 3.8) is 0 Å². The van der Waals surface area contributed by atoms with E-state index in [-0.39, 0.29) is 12.1 Å².